The van der Waals surface area contributed by atoms with Crippen molar-refractivity contribution >= 4 is 33.0 Å². The fourth-order valence-corrected chi connectivity index (χ4v) is 5.57. The molecular weight excluding hydrogens is 408 g/mol. The van der Waals surface area contributed by atoms with E-state index in [-0.39, 0.29) is 28.5 Å². The van der Waals surface area contributed by atoms with E-state index >= 15 is 0 Å². The number of benzene rings is 1. The van der Waals surface area contributed by atoms with Crippen LogP contribution in [0.25, 0.3) is 0 Å². The van der Waals surface area contributed by atoms with E-state index in [9.17, 15) is 13.2 Å². The molecule has 29 heavy (non-hydrogen) atoms. The smallest absolute Gasteiger partial charge is 0.274 e. The van der Waals surface area contributed by atoms with Gasteiger partial charge in [0.2, 0.25) is 5.91 Å². The summed E-state index contributed by atoms with van der Waals surface area (Å²) in [7, 11) is -2.42. The maximum Gasteiger partial charge on any atom is 0.274 e. The highest BCUT2D eigenvalue weighted by Gasteiger charge is 2.31. The standard InChI is InChI=1S/C21H30N2O4S2/c1-16(2)13-22(14-17(3)4)20(24)15-23(18-9-6-7-10-19(18)27-5)29(25,26)21-11-8-12-28-21/h6-12,16-17H,13-15H2,1-5H3. The predicted molar refractivity (Wildman–Crippen MR) is 118 cm³/mol. The first-order chi connectivity index (χ1) is 13.7. The average molecular weight is 439 g/mol. The van der Waals surface area contributed by atoms with Crippen molar-refractivity contribution in [3.63, 3.8) is 0 Å². The first-order valence-electron chi connectivity index (χ1n) is 9.63. The fourth-order valence-electron chi connectivity index (χ4n) is 3.04. The summed E-state index contributed by atoms with van der Waals surface area (Å²) in [6.45, 7) is 9.05. The summed E-state index contributed by atoms with van der Waals surface area (Å²) in [4.78, 5) is 14.9. The Morgan fingerprint density at radius 1 is 1.03 bits per heavy atom. The van der Waals surface area contributed by atoms with Crippen LogP contribution in [0.4, 0.5) is 5.69 Å². The molecule has 1 heterocycles. The second-order valence-corrected chi connectivity index (χ2v) is 10.7. The van der Waals surface area contributed by atoms with E-state index in [1.807, 2.05) is 27.7 Å². The summed E-state index contributed by atoms with van der Waals surface area (Å²) in [5.41, 5.74) is 0.353. The lowest BCUT2D eigenvalue weighted by Crippen LogP contribution is -2.45. The zero-order chi connectivity index (χ0) is 21.6. The number of ether oxygens (including phenoxy) is 1. The van der Waals surface area contributed by atoms with E-state index in [1.165, 1.54) is 7.11 Å². The molecule has 0 aliphatic heterocycles. The molecule has 0 aliphatic rings. The van der Waals surface area contributed by atoms with Gasteiger partial charge in [-0.25, -0.2) is 8.42 Å². The lowest BCUT2D eigenvalue weighted by Gasteiger charge is -2.30. The minimum atomic E-state index is -3.90. The number of hydrogen-bond acceptors (Lipinski definition) is 5. The van der Waals surface area contributed by atoms with Gasteiger partial charge >= 0.3 is 0 Å². The molecule has 0 radical (unpaired) electrons. The third-order valence-corrected chi connectivity index (χ3v) is 7.33. The summed E-state index contributed by atoms with van der Waals surface area (Å²) in [5, 5.41) is 1.71. The Morgan fingerprint density at radius 3 is 2.17 bits per heavy atom. The second kappa shape index (κ2) is 10.1. The van der Waals surface area contributed by atoms with Crippen LogP contribution in [0.15, 0.2) is 46.0 Å². The molecule has 0 spiro atoms. The summed E-state index contributed by atoms with van der Waals surface area (Å²) in [5.74, 6) is 0.746. The number of carbonyl (C=O) groups excluding carboxylic acids is 1. The van der Waals surface area contributed by atoms with Gasteiger partial charge in [-0.1, -0.05) is 45.9 Å². The van der Waals surface area contributed by atoms with Crippen LogP contribution in [-0.2, 0) is 14.8 Å². The van der Waals surface area contributed by atoms with Gasteiger partial charge in [0.15, 0.2) is 0 Å². The highest BCUT2D eigenvalue weighted by atomic mass is 32.2. The number of anilines is 1. The molecule has 160 valence electrons. The molecule has 1 amide bonds. The molecule has 0 bridgehead atoms. The number of para-hydroxylation sites is 2. The van der Waals surface area contributed by atoms with Crippen LogP contribution in [-0.4, -0.2) is 46.0 Å². The third kappa shape index (κ3) is 5.96. The highest BCUT2D eigenvalue weighted by molar-refractivity contribution is 7.94. The van der Waals surface area contributed by atoms with Gasteiger partial charge in [-0.05, 0) is 35.4 Å². The molecule has 1 aromatic heterocycles. The van der Waals surface area contributed by atoms with E-state index in [1.54, 1.807) is 46.7 Å². The van der Waals surface area contributed by atoms with Gasteiger partial charge in [0.05, 0.1) is 12.8 Å². The Bertz CT molecular complexity index is 883. The molecule has 0 N–H and O–H groups in total. The van der Waals surface area contributed by atoms with Crippen molar-refractivity contribution < 1.29 is 17.9 Å². The second-order valence-electron chi connectivity index (χ2n) is 7.70. The Kier molecular flexibility index (Phi) is 8.10. The highest BCUT2D eigenvalue weighted by Crippen LogP contribution is 2.33. The zero-order valence-corrected chi connectivity index (χ0v) is 19.3. The van der Waals surface area contributed by atoms with Crippen molar-refractivity contribution in [3.8, 4) is 5.75 Å². The monoisotopic (exact) mass is 438 g/mol. The quantitative estimate of drug-likeness (QED) is 0.560. The maximum atomic E-state index is 13.4. The van der Waals surface area contributed by atoms with Crippen LogP contribution in [0.3, 0.4) is 0 Å². The Hall–Kier alpha value is -2.06. The van der Waals surface area contributed by atoms with Crippen molar-refractivity contribution in [2.75, 3.05) is 31.0 Å². The minimum Gasteiger partial charge on any atom is -0.495 e. The largest absolute Gasteiger partial charge is 0.495 e. The Morgan fingerprint density at radius 2 is 1.66 bits per heavy atom. The number of methoxy groups -OCH3 is 1. The van der Waals surface area contributed by atoms with Gasteiger partial charge in [-0.2, -0.15) is 0 Å². The zero-order valence-electron chi connectivity index (χ0n) is 17.7. The van der Waals surface area contributed by atoms with Crippen LogP contribution in [0, 0.1) is 11.8 Å². The average Bonchev–Trinajstić information content (AvgIpc) is 3.20. The topological polar surface area (TPSA) is 66.9 Å². The van der Waals surface area contributed by atoms with Crippen molar-refractivity contribution in [1.29, 1.82) is 0 Å². The first kappa shape index (κ1) is 23.2. The van der Waals surface area contributed by atoms with Crippen molar-refractivity contribution in [1.82, 2.24) is 4.90 Å². The molecule has 2 rings (SSSR count). The van der Waals surface area contributed by atoms with Crippen LogP contribution in [0.1, 0.15) is 27.7 Å². The summed E-state index contributed by atoms with van der Waals surface area (Å²) in [6.07, 6.45) is 0. The molecule has 8 heteroatoms. The lowest BCUT2D eigenvalue weighted by molar-refractivity contribution is -0.130. The Balaban J connectivity index is 2.46. The van der Waals surface area contributed by atoms with Gasteiger partial charge in [-0.3, -0.25) is 9.10 Å². The van der Waals surface area contributed by atoms with Crippen molar-refractivity contribution in [3.05, 3.63) is 41.8 Å². The molecular formula is C21H30N2O4S2. The van der Waals surface area contributed by atoms with Crippen LogP contribution >= 0.6 is 11.3 Å². The molecule has 0 unspecified atom stereocenters. The third-order valence-electron chi connectivity index (χ3n) is 4.20. The number of thiophene rings is 1. The van der Waals surface area contributed by atoms with E-state index in [2.05, 4.69) is 0 Å². The fraction of sp³-hybridized carbons (Fsp3) is 0.476. The molecule has 0 atom stereocenters. The number of nitrogens with zero attached hydrogens (tertiary/aromatic N) is 2. The van der Waals surface area contributed by atoms with E-state index in [0.717, 1.165) is 15.6 Å². The van der Waals surface area contributed by atoms with E-state index in [4.69, 9.17) is 4.74 Å². The van der Waals surface area contributed by atoms with Crippen molar-refractivity contribution in [2.45, 2.75) is 31.9 Å². The number of hydrogen-bond donors (Lipinski definition) is 0. The first-order valence-corrected chi connectivity index (χ1v) is 12.0. The SMILES string of the molecule is COc1ccccc1N(CC(=O)N(CC(C)C)CC(C)C)S(=O)(=O)c1cccs1. The summed E-state index contributed by atoms with van der Waals surface area (Å²) in [6, 6.07) is 10.1. The van der Waals surface area contributed by atoms with Crippen molar-refractivity contribution in [2.24, 2.45) is 11.8 Å². The van der Waals surface area contributed by atoms with Crippen LogP contribution < -0.4 is 9.04 Å². The molecule has 0 saturated carbocycles. The minimum absolute atomic E-state index is 0.190. The van der Waals surface area contributed by atoms with E-state index in [0.29, 0.717) is 24.5 Å². The molecule has 2 aromatic rings. The maximum absolute atomic E-state index is 13.4. The van der Waals surface area contributed by atoms with Gasteiger partial charge in [0.25, 0.3) is 10.0 Å². The number of rotatable bonds is 10. The summed E-state index contributed by atoms with van der Waals surface area (Å²) >= 11 is 1.13. The van der Waals surface area contributed by atoms with Crippen LogP contribution in [0.5, 0.6) is 5.75 Å². The van der Waals surface area contributed by atoms with Gasteiger partial charge in [0.1, 0.15) is 16.5 Å². The lowest BCUT2D eigenvalue weighted by atomic mass is 10.1. The molecule has 6 nitrogen and oxygen atoms in total. The number of amides is 1. The van der Waals surface area contributed by atoms with Gasteiger partial charge < -0.3 is 9.64 Å². The normalized spacial score (nSPS) is 11.7. The van der Waals surface area contributed by atoms with Gasteiger partial charge in [0, 0.05) is 13.1 Å². The summed E-state index contributed by atoms with van der Waals surface area (Å²) < 4.78 is 33.5. The molecule has 0 saturated heterocycles. The number of sulfonamides is 1. The molecule has 0 fully saturated rings. The Labute approximate surface area is 178 Å². The van der Waals surface area contributed by atoms with Gasteiger partial charge in [-0.15, -0.1) is 11.3 Å². The predicted octanol–water partition coefficient (Wildman–Crippen LogP) is 4.09. The van der Waals surface area contributed by atoms with E-state index < -0.39 is 10.0 Å². The van der Waals surface area contributed by atoms with Crippen LogP contribution in [0.2, 0.25) is 0 Å². The molecule has 0 aliphatic carbocycles. The number of carbonyl (C=O) groups is 1. The molecule has 1 aromatic carbocycles.